The predicted molar refractivity (Wildman–Crippen MR) is 88.2 cm³/mol. The third-order valence-corrected chi connectivity index (χ3v) is 3.72. The van der Waals surface area contributed by atoms with E-state index in [9.17, 15) is 4.79 Å². The summed E-state index contributed by atoms with van der Waals surface area (Å²) in [5, 5.41) is 0. The number of aldehydes is 1. The lowest BCUT2D eigenvalue weighted by Crippen LogP contribution is -1.92. The number of rotatable bonds is 3. The van der Waals surface area contributed by atoms with Crippen LogP contribution in [-0.4, -0.2) is 11.3 Å². The van der Waals surface area contributed by atoms with E-state index in [2.05, 4.69) is 20.9 Å². The first kappa shape index (κ1) is 13.7. The Kier molecular flexibility index (Phi) is 3.93. The Morgan fingerprint density at radius 1 is 0.810 bits per heavy atom. The van der Waals surface area contributed by atoms with E-state index in [0.29, 0.717) is 5.56 Å². The largest absolute Gasteiger partial charge is 0.298 e. The monoisotopic (exact) mass is 337 g/mol. The van der Waals surface area contributed by atoms with Gasteiger partial charge in [-0.15, -0.1) is 0 Å². The molecule has 0 radical (unpaired) electrons. The number of nitrogens with zero attached hydrogens (tertiary/aromatic N) is 1. The maximum Gasteiger partial charge on any atom is 0.150 e. The van der Waals surface area contributed by atoms with E-state index in [1.807, 2.05) is 66.7 Å². The SMILES string of the molecule is O=Cc1cc(-c2ccccc2)nc(-c2ccc(Br)cc2)c1. The van der Waals surface area contributed by atoms with Crippen LogP contribution in [0.15, 0.2) is 71.2 Å². The number of hydrogen-bond donors (Lipinski definition) is 0. The van der Waals surface area contributed by atoms with Crippen molar-refractivity contribution in [1.29, 1.82) is 0 Å². The highest BCUT2D eigenvalue weighted by atomic mass is 79.9. The summed E-state index contributed by atoms with van der Waals surface area (Å²) in [6.45, 7) is 0. The van der Waals surface area contributed by atoms with Gasteiger partial charge in [-0.3, -0.25) is 4.79 Å². The molecule has 0 unspecified atom stereocenters. The van der Waals surface area contributed by atoms with Gasteiger partial charge in [0.25, 0.3) is 0 Å². The Morgan fingerprint density at radius 3 is 1.95 bits per heavy atom. The Morgan fingerprint density at radius 2 is 1.38 bits per heavy atom. The smallest absolute Gasteiger partial charge is 0.150 e. The van der Waals surface area contributed by atoms with Crippen molar-refractivity contribution in [3.05, 3.63) is 76.8 Å². The highest BCUT2D eigenvalue weighted by Crippen LogP contribution is 2.25. The lowest BCUT2D eigenvalue weighted by molar-refractivity contribution is 0.112. The minimum absolute atomic E-state index is 0.627. The molecule has 1 heterocycles. The van der Waals surface area contributed by atoms with Crippen LogP contribution in [-0.2, 0) is 0 Å². The van der Waals surface area contributed by atoms with Crippen molar-refractivity contribution in [2.45, 2.75) is 0 Å². The Balaban J connectivity index is 2.13. The maximum absolute atomic E-state index is 11.2. The lowest BCUT2D eigenvalue weighted by Gasteiger charge is -2.07. The summed E-state index contributed by atoms with van der Waals surface area (Å²) in [6, 6.07) is 21.4. The molecule has 0 amide bonds. The molecule has 0 aliphatic carbocycles. The van der Waals surface area contributed by atoms with Gasteiger partial charge in [-0.1, -0.05) is 58.4 Å². The fourth-order valence-electron chi connectivity index (χ4n) is 2.15. The molecule has 21 heavy (non-hydrogen) atoms. The Hall–Kier alpha value is -2.26. The van der Waals surface area contributed by atoms with Crippen molar-refractivity contribution < 1.29 is 4.79 Å². The first-order valence-corrected chi connectivity index (χ1v) is 7.34. The Bertz CT molecular complexity index is 767. The molecule has 2 aromatic carbocycles. The van der Waals surface area contributed by atoms with Crippen LogP contribution in [0.1, 0.15) is 10.4 Å². The van der Waals surface area contributed by atoms with Crippen LogP contribution in [0.4, 0.5) is 0 Å². The maximum atomic E-state index is 11.2. The van der Waals surface area contributed by atoms with E-state index in [-0.39, 0.29) is 0 Å². The van der Waals surface area contributed by atoms with Gasteiger partial charge in [-0.05, 0) is 24.3 Å². The standard InChI is InChI=1S/C18H12BrNO/c19-16-8-6-15(7-9-16)18-11-13(12-21)10-17(20-18)14-4-2-1-3-5-14/h1-12H. The van der Waals surface area contributed by atoms with E-state index in [4.69, 9.17) is 0 Å². The van der Waals surface area contributed by atoms with Crippen molar-refractivity contribution in [2.24, 2.45) is 0 Å². The highest BCUT2D eigenvalue weighted by molar-refractivity contribution is 9.10. The van der Waals surface area contributed by atoms with E-state index < -0.39 is 0 Å². The second-order valence-corrected chi connectivity index (χ2v) is 5.58. The van der Waals surface area contributed by atoms with Crippen LogP contribution < -0.4 is 0 Å². The normalized spacial score (nSPS) is 10.3. The van der Waals surface area contributed by atoms with Crippen LogP contribution >= 0.6 is 15.9 Å². The quantitative estimate of drug-likeness (QED) is 0.630. The number of aromatic nitrogens is 1. The number of benzene rings is 2. The lowest BCUT2D eigenvalue weighted by atomic mass is 10.1. The number of pyridine rings is 1. The molecular formula is C18H12BrNO. The zero-order chi connectivity index (χ0) is 14.7. The third-order valence-electron chi connectivity index (χ3n) is 3.19. The molecule has 0 atom stereocenters. The highest BCUT2D eigenvalue weighted by Gasteiger charge is 2.06. The van der Waals surface area contributed by atoms with E-state index in [0.717, 1.165) is 33.3 Å². The fraction of sp³-hybridized carbons (Fsp3) is 0. The van der Waals surface area contributed by atoms with E-state index >= 15 is 0 Å². The van der Waals surface area contributed by atoms with Crippen LogP contribution in [0, 0.1) is 0 Å². The van der Waals surface area contributed by atoms with Crippen LogP contribution in [0.2, 0.25) is 0 Å². The second kappa shape index (κ2) is 6.02. The summed E-state index contributed by atoms with van der Waals surface area (Å²) in [7, 11) is 0. The predicted octanol–water partition coefficient (Wildman–Crippen LogP) is 4.99. The first-order valence-electron chi connectivity index (χ1n) is 6.55. The molecule has 3 heteroatoms. The minimum Gasteiger partial charge on any atom is -0.298 e. The van der Waals surface area contributed by atoms with Gasteiger partial charge >= 0.3 is 0 Å². The molecule has 0 saturated heterocycles. The molecule has 0 N–H and O–H groups in total. The average Bonchev–Trinajstić information content (AvgIpc) is 2.56. The topological polar surface area (TPSA) is 30.0 Å². The van der Waals surface area contributed by atoms with Crippen molar-refractivity contribution in [3.8, 4) is 22.5 Å². The second-order valence-electron chi connectivity index (χ2n) is 4.66. The first-order chi connectivity index (χ1) is 10.3. The number of carbonyl (C=O) groups excluding carboxylic acids is 1. The molecule has 0 aliphatic heterocycles. The average molecular weight is 338 g/mol. The van der Waals surface area contributed by atoms with Gasteiger partial charge in [0.2, 0.25) is 0 Å². The van der Waals surface area contributed by atoms with E-state index in [1.54, 1.807) is 0 Å². The van der Waals surface area contributed by atoms with Crippen molar-refractivity contribution >= 4 is 22.2 Å². The van der Waals surface area contributed by atoms with Gasteiger partial charge in [-0.2, -0.15) is 0 Å². The molecule has 0 aliphatic rings. The molecule has 0 spiro atoms. The number of carbonyl (C=O) groups is 1. The van der Waals surface area contributed by atoms with Crippen molar-refractivity contribution in [1.82, 2.24) is 4.98 Å². The third kappa shape index (κ3) is 3.09. The fourth-order valence-corrected chi connectivity index (χ4v) is 2.41. The summed E-state index contributed by atoms with van der Waals surface area (Å²) in [5.74, 6) is 0. The van der Waals surface area contributed by atoms with Gasteiger partial charge in [-0.25, -0.2) is 4.98 Å². The molecule has 3 aromatic rings. The zero-order valence-electron chi connectivity index (χ0n) is 11.2. The molecule has 102 valence electrons. The zero-order valence-corrected chi connectivity index (χ0v) is 12.7. The van der Waals surface area contributed by atoms with Crippen LogP contribution in [0.25, 0.3) is 22.5 Å². The van der Waals surface area contributed by atoms with Crippen molar-refractivity contribution in [3.63, 3.8) is 0 Å². The molecule has 0 fully saturated rings. The molecular weight excluding hydrogens is 326 g/mol. The minimum atomic E-state index is 0.627. The Labute approximate surface area is 131 Å². The van der Waals surface area contributed by atoms with Crippen LogP contribution in [0.5, 0.6) is 0 Å². The van der Waals surface area contributed by atoms with Gasteiger partial charge in [0.05, 0.1) is 11.4 Å². The van der Waals surface area contributed by atoms with Gasteiger partial charge < -0.3 is 0 Å². The molecule has 0 bridgehead atoms. The summed E-state index contributed by atoms with van der Waals surface area (Å²) in [4.78, 5) is 15.9. The number of halogens is 1. The summed E-state index contributed by atoms with van der Waals surface area (Å²) < 4.78 is 1.01. The van der Waals surface area contributed by atoms with Crippen molar-refractivity contribution in [2.75, 3.05) is 0 Å². The molecule has 0 saturated carbocycles. The van der Waals surface area contributed by atoms with E-state index in [1.165, 1.54) is 0 Å². The van der Waals surface area contributed by atoms with Crippen LogP contribution in [0.3, 0.4) is 0 Å². The number of hydrogen-bond acceptors (Lipinski definition) is 2. The molecule has 2 nitrogen and oxygen atoms in total. The molecule has 1 aromatic heterocycles. The van der Waals surface area contributed by atoms with Gasteiger partial charge in [0.1, 0.15) is 6.29 Å². The van der Waals surface area contributed by atoms with Gasteiger partial charge in [0.15, 0.2) is 0 Å². The summed E-state index contributed by atoms with van der Waals surface area (Å²) in [5.41, 5.74) is 4.21. The molecule has 3 rings (SSSR count). The summed E-state index contributed by atoms with van der Waals surface area (Å²) >= 11 is 3.42. The summed E-state index contributed by atoms with van der Waals surface area (Å²) in [6.07, 6.45) is 0.858. The van der Waals surface area contributed by atoms with Gasteiger partial charge in [0, 0.05) is 21.2 Å².